The molecule has 0 bridgehead atoms. The van der Waals surface area contributed by atoms with Crippen LogP contribution in [0.2, 0.25) is 0 Å². The third-order valence-electron chi connectivity index (χ3n) is 6.17. The van der Waals surface area contributed by atoms with Crippen LogP contribution in [0.3, 0.4) is 0 Å². The van der Waals surface area contributed by atoms with E-state index < -0.39 is 0 Å². The van der Waals surface area contributed by atoms with E-state index in [0.717, 1.165) is 17.0 Å². The number of nitrogens with two attached hydrogens (primary N) is 2. The lowest BCUT2D eigenvalue weighted by Gasteiger charge is -2.06. The molecule has 2 amide bonds. The molecule has 0 spiro atoms. The molecule has 2 aliphatic rings. The number of fused-ring (bicyclic) bond motifs is 2. The molecule has 2 aliphatic heterocycles. The zero-order chi connectivity index (χ0) is 26.8. The summed E-state index contributed by atoms with van der Waals surface area (Å²) >= 11 is 0. The lowest BCUT2D eigenvalue weighted by Crippen LogP contribution is -2.03. The third kappa shape index (κ3) is 4.36. The van der Waals surface area contributed by atoms with Crippen LogP contribution in [0, 0.1) is 6.92 Å². The molecule has 0 unspecified atom stereocenters. The highest BCUT2D eigenvalue weighted by Crippen LogP contribution is 2.42. The quantitative estimate of drug-likeness (QED) is 0.0711. The molecule has 0 saturated carbocycles. The average Bonchev–Trinajstić information content (AvgIpc) is 3.70. The van der Waals surface area contributed by atoms with Gasteiger partial charge in [-0.05, 0) is 72.6 Å². The van der Waals surface area contributed by atoms with Crippen LogP contribution in [0.25, 0.3) is 33.7 Å². The second-order valence-corrected chi connectivity index (χ2v) is 8.61. The number of hydrogen-bond acceptors (Lipinski definition) is 5. The van der Waals surface area contributed by atoms with Crippen molar-refractivity contribution < 1.29 is 9.59 Å². The Kier molecular flexibility index (Phi) is 6.18. The molecular formula is C27H23N9O2. The van der Waals surface area contributed by atoms with Crippen molar-refractivity contribution in [2.75, 3.05) is 22.1 Å². The number of nitrogens with zero attached hydrogens (tertiary/aromatic N) is 3. The van der Waals surface area contributed by atoms with Gasteiger partial charge in [-0.1, -0.05) is 11.2 Å². The number of amides is 2. The van der Waals surface area contributed by atoms with Crippen molar-refractivity contribution in [2.24, 2.45) is 5.11 Å². The fourth-order valence-corrected chi connectivity index (χ4v) is 4.34. The van der Waals surface area contributed by atoms with E-state index in [1.54, 1.807) is 36.7 Å². The minimum atomic E-state index is -0.199. The van der Waals surface area contributed by atoms with Crippen LogP contribution in [-0.4, -0.2) is 21.8 Å². The van der Waals surface area contributed by atoms with Gasteiger partial charge in [-0.2, -0.15) is 0 Å². The number of azide groups is 1. The zero-order valence-electron chi connectivity index (χ0n) is 20.2. The predicted molar refractivity (Wildman–Crippen MR) is 150 cm³/mol. The van der Waals surface area contributed by atoms with Gasteiger partial charge in [0.15, 0.2) is 0 Å². The number of aromatic nitrogens is 2. The van der Waals surface area contributed by atoms with E-state index in [-0.39, 0.29) is 11.8 Å². The molecule has 0 aliphatic carbocycles. The number of aromatic amines is 2. The Morgan fingerprint density at radius 3 is 1.92 bits per heavy atom. The first kappa shape index (κ1) is 24.0. The Morgan fingerprint density at radius 1 is 0.816 bits per heavy atom. The molecule has 11 nitrogen and oxygen atoms in total. The Labute approximate surface area is 216 Å². The van der Waals surface area contributed by atoms with Crippen LogP contribution >= 0.6 is 0 Å². The fourth-order valence-electron chi connectivity index (χ4n) is 4.34. The van der Waals surface area contributed by atoms with Crippen LogP contribution in [0.5, 0.6) is 0 Å². The molecule has 38 heavy (non-hydrogen) atoms. The highest BCUT2D eigenvalue weighted by molar-refractivity contribution is 6.37. The van der Waals surface area contributed by atoms with Crippen molar-refractivity contribution in [3.8, 4) is 0 Å². The first-order valence-electron chi connectivity index (χ1n) is 11.6. The van der Waals surface area contributed by atoms with Crippen molar-refractivity contribution in [1.82, 2.24) is 9.97 Å². The van der Waals surface area contributed by atoms with Crippen LogP contribution in [-0.2, 0) is 9.59 Å². The second kappa shape index (κ2) is 9.76. The number of nitrogen functional groups attached to an aromatic ring is 2. The standard InChI is InChI=1S/C14H11N5O.C13H12N4O/c1-8-4-5-11-12(13(8)18-19-15)10(14(20)17-11)7-9-3-2-6-16-9;14-9-3-4-10-11(12(9)15)8(13(18)17-10)6-7-2-1-5-16-7/h2-7,16H,1H3,(H,17,20);1-6,16H,14-15H2,(H,17,18)/b10-7-;8-6-. The summed E-state index contributed by atoms with van der Waals surface area (Å²) in [5.74, 6) is -0.369. The van der Waals surface area contributed by atoms with Gasteiger partial charge >= 0.3 is 0 Å². The number of aryl methyl sites for hydroxylation is 1. The summed E-state index contributed by atoms with van der Waals surface area (Å²) in [6.07, 6.45) is 7.08. The van der Waals surface area contributed by atoms with Gasteiger partial charge in [0.2, 0.25) is 0 Å². The number of carbonyl (C=O) groups excluding carboxylic acids is 2. The topological polar surface area (TPSA) is 191 Å². The Hall–Kier alpha value is -5.67. The monoisotopic (exact) mass is 505 g/mol. The fraction of sp³-hybridized carbons (Fsp3) is 0.0370. The van der Waals surface area contributed by atoms with E-state index in [4.69, 9.17) is 17.0 Å². The smallest absolute Gasteiger partial charge is 0.256 e. The van der Waals surface area contributed by atoms with Crippen molar-refractivity contribution in [3.05, 3.63) is 99.4 Å². The van der Waals surface area contributed by atoms with Gasteiger partial charge < -0.3 is 32.1 Å². The first-order valence-corrected chi connectivity index (χ1v) is 11.6. The highest BCUT2D eigenvalue weighted by atomic mass is 16.2. The van der Waals surface area contributed by atoms with E-state index in [1.165, 1.54) is 0 Å². The van der Waals surface area contributed by atoms with Crippen molar-refractivity contribution in [3.63, 3.8) is 0 Å². The molecule has 8 N–H and O–H groups in total. The van der Waals surface area contributed by atoms with Gasteiger partial charge in [-0.15, -0.1) is 0 Å². The summed E-state index contributed by atoms with van der Waals surface area (Å²) in [5, 5.41) is 9.28. The van der Waals surface area contributed by atoms with Crippen LogP contribution < -0.4 is 22.1 Å². The van der Waals surface area contributed by atoms with Crippen molar-refractivity contribution in [1.29, 1.82) is 0 Å². The highest BCUT2D eigenvalue weighted by Gasteiger charge is 2.28. The largest absolute Gasteiger partial charge is 0.397 e. The summed E-state index contributed by atoms with van der Waals surface area (Å²) < 4.78 is 0. The minimum absolute atomic E-state index is 0.170. The van der Waals surface area contributed by atoms with E-state index in [0.29, 0.717) is 50.7 Å². The molecule has 0 fully saturated rings. The maximum absolute atomic E-state index is 12.1. The number of rotatable bonds is 3. The van der Waals surface area contributed by atoms with Crippen LogP contribution in [0.1, 0.15) is 28.1 Å². The van der Waals surface area contributed by atoms with Gasteiger partial charge in [-0.3, -0.25) is 9.59 Å². The molecule has 0 atom stereocenters. The van der Waals surface area contributed by atoms with Gasteiger partial charge in [0, 0.05) is 45.5 Å². The molecule has 2 aromatic carbocycles. The summed E-state index contributed by atoms with van der Waals surface area (Å²) in [7, 11) is 0. The second-order valence-electron chi connectivity index (χ2n) is 8.61. The molecule has 188 valence electrons. The van der Waals surface area contributed by atoms with E-state index in [2.05, 4.69) is 30.6 Å². The zero-order valence-corrected chi connectivity index (χ0v) is 20.2. The molecule has 4 aromatic rings. The van der Waals surface area contributed by atoms with Gasteiger partial charge in [-0.25, -0.2) is 0 Å². The Morgan fingerprint density at radius 2 is 1.37 bits per heavy atom. The van der Waals surface area contributed by atoms with E-state index in [9.17, 15) is 9.59 Å². The number of nitrogens with one attached hydrogen (secondary N) is 4. The SMILES string of the molecule is Cc1ccc2c(c1N=[N+]=[N-])/C(=C/c1ccc[nH]1)C(=O)N2.Nc1ccc2c(c1N)/C(=C/c1ccc[nH]1)C(=O)N2. The molecule has 4 heterocycles. The molecule has 2 aromatic heterocycles. The molecule has 0 saturated heterocycles. The maximum Gasteiger partial charge on any atom is 0.256 e. The minimum Gasteiger partial charge on any atom is -0.397 e. The predicted octanol–water partition coefficient (Wildman–Crippen LogP) is 5.43. The number of carbonyl (C=O) groups is 2. The van der Waals surface area contributed by atoms with E-state index >= 15 is 0 Å². The summed E-state index contributed by atoms with van der Waals surface area (Å²) in [6.45, 7) is 1.85. The summed E-state index contributed by atoms with van der Waals surface area (Å²) in [5.41, 5.74) is 28.0. The van der Waals surface area contributed by atoms with E-state index in [1.807, 2.05) is 43.3 Å². The Balaban J connectivity index is 0.000000156. The average molecular weight is 506 g/mol. The Bertz CT molecular complexity index is 1670. The van der Waals surface area contributed by atoms with Crippen molar-refractivity contribution in [2.45, 2.75) is 6.92 Å². The maximum atomic E-state index is 12.1. The molecule has 11 heteroatoms. The van der Waals surface area contributed by atoms with Gasteiger partial charge in [0.25, 0.3) is 11.8 Å². The lowest BCUT2D eigenvalue weighted by molar-refractivity contribution is -0.111. The number of anilines is 4. The first-order chi connectivity index (χ1) is 18.4. The third-order valence-corrected chi connectivity index (χ3v) is 6.17. The van der Waals surface area contributed by atoms with Gasteiger partial charge in [0.1, 0.15) is 0 Å². The summed E-state index contributed by atoms with van der Waals surface area (Å²) in [4.78, 5) is 32.9. The molecule has 0 radical (unpaired) electrons. The number of hydrogen-bond donors (Lipinski definition) is 6. The normalized spacial score (nSPS) is 15.3. The molecule has 6 rings (SSSR count). The van der Waals surface area contributed by atoms with Crippen LogP contribution in [0.4, 0.5) is 28.4 Å². The van der Waals surface area contributed by atoms with Crippen molar-refractivity contribution >= 4 is 63.5 Å². The summed E-state index contributed by atoms with van der Waals surface area (Å²) in [6, 6.07) is 14.5. The van der Waals surface area contributed by atoms with Crippen LogP contribution in [0.15, 0.2) is 66.0 Å². The lowest BCUT2D eigenvalue weighted by atomic mass is 10.0. The number of benzene rings is 2. The number of H-pyrrole nitrogens is 2. The van der Waals surface area contributed by atoms with Gasteiger partial charge in [0.05, 0.1) is 33.9 Å². The molecular weight excluding hydrogens is 482 g/mol.